The second-order valence-electron chi connectivity index (χ2n) is 7.60. The van der Waals surface area contributed by atoms with Crippen LogP contribution in [0.25, 0.3) is 0 Å². The molecule has 1 N–H and O–H groups in total. The Labute approximate surface area is 189 Å². The third-order valence-electron chi connectivity index (χ3n) is 5.13. The average molecular weight is 438 g/mol. The van der Waals surface area contributed by atoms with Crippen molar-refractivity contribution in [3.05, 3.63) is 65.2 Å². The molecule has 5 nitrogen and oxygen atoms in total. The standard InChI is InChI=1S/C25H31N3O2S/c1-3-5-6-7-16-30-22-14-12-21(13-15-22)18-26-28-25-27-24(29)23(31-25)17-20-10-8-19(4-2)9-11-20/h8-15,18,23H,3-7,16-17H2,1-2H3,(H,27,28,29)/b26-18-/t23-/m0/s1. The van der Waals surface area contributed by atoms with Crippen LogP contribution in [0, 0.1) is 0 Å². The fraction of sp³-hybridized carbons (Fsp3) is 0.400. The van der Waals surface area contributed by atoms with E-state index in [4.69, 9.17) is 4.74 Å². The first-order chi connectivity index (χ1) is 15.2. The molecule has 1 amide bonds. The topological polar surface area (TPSA) is 63.1 Å². The van der Waals surface area contributed by atoms with Gasteiger partial charge in [-0.2, -0.15) is 5.10 Å². The van der Waals surface area contributed by atoms with Crippen molar-refractivity contribution in [3.8, 4) is 5.75 Å². The Morgan fingerprint density at radius 2 is 1.74 bits per heavy atom. The summed E-state index contributed by atoms with van der Waals surface area (Å²) in [5, 5.41) is 11.5. The van der Waals surface area contributed by atoms with Crippen LogP contribution in [0.2, 0.25) is 0 Å². The van der Waals surface area contributed by atoms with E-state index >= 15 is 0 Å². The number of unbranched alkanes of at least 4 members (excludes halogenated alkanes) is 3. The average Bonchev–Trinajstić information content (AvgIpc) is 3.14. The Hall–Kier alpha value is -2.60. The highest BCUT2D eigenvalue weighted by atomic mass is 32.2. The van der Waals surface area contributed by atoms with Gasteiger partial charge in [-0.25, -0.2) is 0 Å². The Bertz CT molecular complexity index is 892. The molecule has 1 fully saturated rings. The molecule has 6 heteroatoms. The van der Waals surface area contributed by atoms with Crippen molar-refractivity contribution >= 4 is 29.1 Å². The van der Waals surface area contributed by atoms with E-state index in [9.17, 15) is 4.79 Å². The van der Waals surface area contributed by atoms with E-state index in [-0.39, 0.29) is 11.2 Å². The number of hydrogen-bond donors (Lipinski definition) is 1. The van der Waals surface area contributed by atoms with Gasteiger partial charge in [0.2, 0.25) is 5.91 Å². The molecule has 31 heavy (non-hydrogen) atoms. The summed E-state index contributed by atoms with van der Waals surface area (Å²) in [6.07, 6.45) is 8.17. The maximum atomic E-state index is 12.2. The minimum absolute atomic E-state index is 0.0149. The summed E-state index contributed by atoms with van der Waals surface area (Å²) in [6, 6.07) is 16.2. The number of carbonyl (C=O) groups excluding carboxylic acids is 1. The molecule has 0 unspecified atom stereocenters. The normalized spacial score (nSPS) is 17.4. The molecular formula is C25H31N3O2S. The Morgan fingerprint density at radius 3 is 2.45 bits per heavy atom. The molecule has 0 radical (unpaired) electrons. The van der Waals surface area contributed by atoms with Gasteiger partial charge < -0.3 is 10.1 Å². The van der Waals surface area contributed by atoms with E-state index in [0.29, 0.717) is 11.6 Å². The lowest BCUT2D eigenvalue weighted by molar-refractivity contribution is -0.118. The molecule has 0 aromatic heterocycles. The van der Waals surface area contributed by atoms with Crippen LogP contribution in [0.15, 0.2) is 58.7 Å². The molecule has 0 bridgehead atoms. The molecule has 0 aliphatic carbocycles. The number of nitrogens with one attached hydrogen (secondary N) is 1. The summed E-state index contributed by atoms with van der Waals surface area (Å²) < 4.78 is 5.76. The zero-order valence-corrected chi connectivity index (χ0v) is 19.2. The quantitative estimate of drug-likeness (QED) is 0.292. The Morgan fingerprint density at radius 1 is 1.00 bits per heavy atom. The highest BCUT2D eigenvalue weighted by Gasteiger charge is 2.30. The SMILES string of the molecule is CCCCCCOc1ccc(/C=N\N=C2\NC(=O)[C@H](Cc3ccc(CC)cc3)S2)cc1. The van der Waals surface area contributed by atoms with Crippen LogP contribution < -0.4 is 10.1 Å². The molecule has 1 aliphatic heterocycles. The van der Waals surface area contributed by atoms with E-state index in [1.165, 1.54) is 36.6 Å². The lowest BCUT2D eigenvalue weighted by Gasteiger charge is -2.06. The molecule has 1 saturated heterocycles. The minimum atomic E-state index is -0.171. The van der Waals surface area contributed by atoms with Crippen LogP contribution in [0.4, 0.5) is 0 Å². The van der Waals surface area contributed by atoms with Crippen LogP contribution in [0.1, 0.15) is 56.2 Å². The molecular weight excluding hydrogens is 406 g/mol. The number of benzene rings is 2. The predicted octanol–water partition coefficient (Wildman–Crippen LogP) is 5.37. The second kappa shape index (κ2) is 12.3. The summed E-state index contributed by atoms with van der Waals surface area (Å²) in [5.74, 6) is 0.854. The van der Waals surface area contributed by atoms with Crippen molar-refractivity contribution in [2.75, 3.05) is 6.61 Å². The summed E-state index contributed by atoms with van der Waals surface area (Å²) in [4.78, 5) is 12.2. The molecule has 1 heterocycles. The van der Waals surface area contributed by atoms with Crippen molar-refractivity contribution in [1.29, 1.82) is 0 Å². The van der Waals surface area contributed by atoms with Crippen molar-refractivity contribution < 1.29 is 9.53 Å². The second-order valence-corrected chi connectivity index (χ2v) is 8.79. The van der Waals surface area contributed by atoms with Gasteiger partial charge in [-0.3, -0.25) is 4.79 Å². The Balaban J connectivity index is 1.47. The molecule has 1 aliphatic rings. The van der Waals surface area contributed by atoms with Gasteiger partial charge in [0.25, 0.3) is 0 Å². The van der Waals surface area contributed by atoms with Gasteiger partial charge in [0, 0.05) is 0 Å². The minimum Gasteiger partial charge on any atom is -0.494 e. The van der Waals surface area contributed by atoms with Gasteiger partial charge in [-0.05, 0) is 60.2 Å². The van der Waals surface area contributed by atoms with Crippen molar-refractivity contribution in [3.63, 3.8) is 0 Å². The van der Waals surface area contributed by atoms with Crippen molar-refractivity contribution in [1.82, 2.24) is 5.32 Å². The summed E-state index contributed by atoms with van der Waals surface area (Å²) in [6.45, 7) is 5.09. The first kappa shape index (κ1) is 23.1. The lowest BCUT2D eigenvalue weighted by Crippen LogP contribution is -2.25. The fourth-order valence-electron chi connectivity index (χ4n) is 3.23. The van der Waals surface area contributed by atoms with E-state index in [1.807, 2.05) is 24.3 Å². The summed E-state index contributed by atoms with van der Waals surface area (Å²) in [5.41, 5.74) is 3.39. The van der Waals surface area contributed by atoms with Crippen LogP contribution in [0.5, 0.6) is 5.75 Å². The Kier molecular flexibility index (Phi) is 9.16. The van der Waals surface area contributed by atoms with Gasteiger partial charge in [-0.1, -0.05) is 69.1 Å². The van der Waals surface area contributed by atoms with Crippen molar-refractivity contribution in [2.45, 2.75) is 57.6 Å². The monoisotopic (exact) mass is 437 g/mol. The number of rotatable bonds is 11. The smallest absolute Gasteiger partial charge is 0.239 e. The number of nitrogens with zero attached hydrogens (tertiary/aromatic N) is 2. The highest BCUT2D eigenvalue weighted by molar-refractivity contribution is 8.15. The first-order valence-electron chi connectivity index (χ1n) is 11.1. The molecule has 164 valence electrons. The van der Waals surface area contributed by atoms with Gasteiger partial charge in [0.15, 0.2) is 5.17 Å². The van der Waals surface area contributed by atoms with Gasteiger partial charge in [0.05, 0.1) is 18.1 Å². The first-order valence-corrected chi connectivity index (χ1v) is 11.9. The molecule has 0 saturated carbocycles. The predicted molar refractivity (Wildman–Crippen MR) is 130 cm³/mol. The number of ether oxygens (including phenoxy) is 1. The number of aryl methyl sites for hydroxylation is 1. The van der Waals surface area contributed by atoms with E-state index in [1.54, 1.807) is 6.21 Å². The van der Waals surface area contributed by atoms with E-state index in [0.717, 1.165) is 36.3 Å². The van der Waals surface area contributed by atoms with Crippen LogP contribution in [-0.2, 0) is 17.6 Å². The third kappa shape index (κ3) is 7.55. The largest absolute Gasteiger partial charge is 0.494 e. The number of hydrogen-bond acceptors (Lipinski definition) is 5. The molecule has 1 atom stereocenters. The molecule has 0 spiro atoms. The number of amidine groups is 1. The number of amides is 1. The maximum absolute atomic E-state index is 12.2. The zero-order valence-electron chi connectivity index (χ0n) is 18.3. The van der Waals surface area contributed by atoms with Gasteiger partial charge in [-0.15, -0.1) is 5.10 Å². The van der Waals surface area contributed by atoms with Crippen LogP contribution in [-0.4, -0.2) is 29.1 Å². The maximum Gasteiger partial charge on any atom is 0.239 e. The summed E-state index contributed by atoms with van der Waals surface area (Å²) >= 11 is 1.43. The van der Waals surface area contributed by atoms with Crippen LogP contribution in [0.3, 0.4) is 0 Å². The molecule has 3 rings (SSSR count). The van der Waals surface area contributed by atoms with E-state index in [2.05, 4.69) is 53.6 Å². The van der Waals surface area contributed by atoms with Gasteiger partial charge in [0.1, 0.15) is 5.75 Å². The number of carbonyl (C=O) groups is 1. The zero-order chi connectivity index (χ0) is 21.9. The number of thioether (sulfide) groups is 1. The molecule has 2 aromatic carbocycles. The highest BCUT2D eigenvalue weighted by Crippen LogP contribution is 2.23. The summed E-state index contributed by atoms with van der Waals surface area (Å²) in [7, 11) is 0. The van der Waals surface area contributed by atoms with Crippen molar-refractivity contribution in [2.24, 2.45) is 10.2 Å². The molecule has 2 aromatic rings. The fourth-order valence-corrected chi connectivity index (χ4v) is 4.19. The van der Waals surface area contributed by atoms with Gasteiger partial charge >= 0.3 is 0 Å². The third-order valence-corrected chi connectivity index (χ3v) is 6.20. The van der Waals surface area contributed by atoms with E-state index < -0.39 is 0 Å². The van der Waals surface area contributed by atoms with Crippen LogP contribution >= 0.6 is 11.8 Å². The lowest BCUT2D eigenvalue weighted by atomic mass is 10.1.